The molecule has 8 heteroatoms. The van der Waals surface area contributed by atoms with Gasteiger partial charge in [-0.3, -0.25) is 0 Å². The second-order valence-electron chi connectivity index (χ2n) is 4.69. The standard InChI is InChI=1S/C10H13N3.C2HF3O2/c1-2-7(1)10-8-3-4-11-5-9(8)12-6-13-10;3-2(4,5)1(6)7/h6-7,11H,1-5H2;(H,6,7). The Bertz CT molecular complexity index is 501. The smallest absolute Gasteiger partial charge is 0.475 e. The highest BCUT2D eigenvalue weighted by Crippen LogP contribution is 2.41. The normalized spacial score (nSPS) is 17.8. The van der Waals surface area contributed by atoms with Gasteiger partial charge in [0.2, 0.25) is 0 Å². The molecular formula is C12H14F3N3O2. The Morgan fingerprint density at radius 1 is 1.35 bits per heavy atom. The van der Waals surface area contributed by atoms with Crippen LogP contribution in [0.4, 0.5) is 13.2 Å². The molecule has 0 saturated heterocycles. The summed E-state index contributed by atoms with van der Waals surface area (Å²) in [5.74, 6) is -2.00. The van der Waals surface area contributed by atoms with Crippen LogP contribution in [0.2, 0.25) is 0 Å². The fraction of sp³-hybridized carbons (Fsp3) is 0.583. The van der Waals surface area contributed by atoms with Crippen molar-refractivity contribution in [2.24, 2.45) is 0 Å². The predicted octanol–water partition coefficient (Wildman–Crippen LogP) is 1.63. The van der Waals surface area contributed by atoms with Crippen LogP contribution < -0.4 is 5.32 Å². The molecule has 2 aliphatic rings. The molecule has 5 nitrogen and oxygen atoms in total. The van der Waals surface area contributed by atoms with E-state index in [1.807, 2.05) is 0 Å². The molecule has 1 aliphatic heterocycles. The highest BCUT2D eigenvalue weighted by Gasteiger charge is 2.38. The number of aromatic nitrogens is 2. The van der Waals surface area contributed by atoms with Crippen LogP contribution in [-0.2, 0) is 17.8 Å². The molecule has 0 amide bonds. The molecule has 3 rings (SSSR count). The fourth-order valence-electron chi connectivity index (χ4n) is 2.02. The third kappa shape index (κ3) is 3.66. The van der Waals surface area contributed by atoms with Crippen LogP contribution in [0, 0.1) is 0 Å². The first kappa shape index (κ1) is 14.7. The van der Waals surface area contributed by atoms with Gasteiger partial charge in [-0.05, 0) is 31.4 Å². The number of carbonyl (C=O) groups is 1. The zero-order valence-electron chi connectivity index (χ0n) is 10.6. The summed E-state index contributed by atoms with van der Waals surface area (Å²) < 4.78 is 31.7. The average molecular weight is 289 g/mol. The van der Waals surface area contributed by atoms with E-state index in [9.17, 15) is 13.2 Å². The van der Waals surface area contributed by atoms with E-state index in [-0.39, 0.29) is 0 Å². The van der Waals surface area contributed by atoms with Gasteiger partial charge in [-0.15, -0.1) is 0 Å². The number of fused-ring (bicyclic) bond motifs is 1. The van der Waals surface area contributed by atoms with Gasteiger partial charge in [-0.1, -0.05) is 0 Å². The number of carboxylic acids is 1. The number of rotatable bonds is 1. The molecule has 1 saturated carbocycles. The first-order chi connectivity index (χ1) is 9.39. The second-order valence-corrected chi connectivity index (χ2v) is 4.69. The Kier molecular flexibility index (Phi) is 4.22. The van der Waals surface area contributed by atoms with Gasteiger partial charge in [0.1, 0.15) is 6.33 Å². The van der Waals surface area contributed by atoms with Gasteiger partial charge in [0.05, 0.1) is 11.4 Å². The molecule has 0 radical (unpaired) electrons. The van der Waals surface area contributed by atoms with Crippen LogP contribution in [0.1, 0.15) is 35.7 Å². The minimum Gasteiger partial charge on any atom is -0.475 e. The maximum absolute atomic E-state index is 10.6. The number of aliphatic carboxylic acids is 1. The molecule has 1 fully saturated rings. The molecule has 0 atom stereocenters. The Morgan fingerprint density at radius 2 is 2.00 bits per heavy atom. The summed E-state index contributed by atoms with van der Waals surface area (Å²) in [6.07, 6.45) is 0.412. The van der Waals surface area contributed by atoms with Crippen molar-refractivity contribution in [2.45, 2.75) is 37.9 Å². The lowest BCUT2D eigenvalue weighted by molar-refractivity contribution is -0.192. The summed E-state index contributed by atoms with van der Waals surface area (Å²) in [5, 5.41) is 10.5. The first-order valence-electron chi connectivity index (χ1n) is 6.23. The number of halogens is 3. The average Bonchev–Trinajstić information content (AvgIpc) is 3.22. The first-order valence-corrected chi connectivity index (χ1v) is 6.23. The van der Waals surface area contributed by atoms with E-state index in [4.69, 9.17) is 9.90 Å². The minimum atomic E-state index is -5.08. The fourth-order valence-corrected chi connectivity index (χ4v) is 2.02. The number of hydrogen-bond acceptors (Lipinski definition) is 4. The SMILES string of the molecule is O=C(O)C(F)(F)F.c1nc2c(c(C3CC3)n1)CCNC2. The molecule has 0 unspecified atom stereocenters. The minimum absolute atomic E-state index is 0.759. The van der Waals surface area contributed by atoms with Crippen molar-refractivity contribution in [2.75, 3.05) is 6.54 Å². The molecule has 1 aromatic rings. The molecule has 110 valence electrons. The molecule has 1 aromatic heterocycles. The van der Waals surface area contributed by atoms with E-state index in [0.29, 0.717) is 0 Å². The summed E-state index contributed by atoms with van der Waals surface area (Å²) in [4.78, 5) is 17.6. The quantitative estimate of drug-likeness (QED) is 0.822. The van der Waals surface area contributed by atoms with Crippen LogP contribution in [0.25, 0.3) is 0 Å². The summed E-state index contributed by atoms with van der Waals surface area (Å²) >= 11 is 0. The summed E-state index contributed by atoms with van der Waals surface area (Å²) in [6, 6.07) is 0. The molecule has 20 heavy (non-hydrogen) atoms. The molecule has 0 aromatic carbocycles. The Morgan fingerprint density at radius 3 is 2.55 bits per heavy atom. The van der Waals surface area contributed by atoms with Crippen molar-refractivity contribution in [3.05, 3.63) is 23.3 Å². The highest BCUT2D eigenvalue weighted by atomic mass is 19.4. The van der Waals surface area contributed by atoms with Crippen LogP contribution in [0.15, 0.2) is 6.33 Å². The van der Waals surface area contributed by atoms with Gasteiger partial charge in [0.15, 0.2) is 0 Å². The van der Waals surface area contributed by atoms with Gasteiger partial charge in [-0.25, -0.2) is 14.8 Å². The van der Waals surface area contributed by atoms with Crippen molar-refractivity contribution in [1.82, 2.24) is 15.3 Å². The number of hydrogen-bond donors (Lipinski definition) is 2. The molecule has 2 N–H and O–H groups in total. The largest absolute Gasteiger partial charge is 0.490 e. The van der Waals surface area contributed by atoms with E-state index < -0.39 is 12.1 Å². The number of nitrogens with zero attached hydrogens (tertiary/aromatic N) is 2. The maximum atomic E-state index is 10.6. The Hall–Kier alpha value is -1.70. The third-order valence-corrected chi connectivity index (χ3v) is 3.12. The van der Waals surface area contributed by atoms with Crippen LogP contribution in [0.3, 0.4) is 0 Å². The van der Waals surface area contributed by atoms with Gasteiger partial charge in [0.25, 0.3) is 0 Å². The van der Waals surface area contributed by atoms with Crippen molar-refractivity contribution in [1.29, 1.82) is 0 Å². The molecule has 1 aliphatic carbocycles. The second kappa shape index (κ2) is 5.74. The lowest BCUT2D eigenvalue weighted by Crippen LogP contribution is -2.26. The molecule has 0 bridgehead atoms. The zero-order chi connectivity index (χ0) is 14.8. The summed E-state index contributed by atoms with van der Waals surface area (Å²) in [6.45, 7) is 2.01. The van der Waals surface area contributed by atoms with Crippen molar-refractivity contribution in [3.8, 4) is 0 Å². The van der Waals surface area contributed by atoms with E-state index in [2.05, 4.69) is 15.3 Å². The number of nitrogens with one attached hydrogen (secondary N) is 1. The van der Waals surface area contributed by atoms with Crippen LogP contribution in [-0.4, -0.2) is 33.8 Å². The Labute approximate surface area is 113 Å². The predicted molar refractivity (Wildman–Crippen MR) is 63.1 cm³/mol. The van der Waals surface area contributed by atoms with E-state index in [0.717, 1.165) is 25.4 Å². The molecular weight excluding hydrogens is 275 g/mol. The van der Waals surface area contributed by atoms with Gasteiger partial charge in [-0.2, -0.15) is 13.2 Å². The lowest BCUT2D eigenvalue weighted by Gasteiger charge is -2.17. The third-order valence-electron chi connectivity index (χ3n) is 3.12. The maximum Gasteiger partial charge on any atom is 0.490 e. The van der Waals surface area contributed by atoms with Crippen molar-refractivity contribution >= 4 is 5.97 Å². The van der Waals surface area contributed by atoms with E-state index in [1.54, 1.807) is 6.33 Å². The molecule has 2 heterocycles. The summed E-state index contributed by atoms with van der Waals surface area (Å²) in [5.41, 5.74) is 4.00. The Balaban J connectivity index is 0.000000182. The van der Waals surface area contributed by atoms with Crippen LogP contribution in [0.5, 0.6) is 0 Å². The van der Waals surface area contributed by atoms with Crippen molar-refractivity contribution < 1.29 is 23.1 Å². The monoisotopic (exact) mass is 289 g/mol. The van der Waals surface area contributed by atoms with Crippen LogP contribution >= 0.6 is 0 Å². The number of carboxylic acid groups (broad SMARTS) is 1. The number of alkyl halides is 3. The van der Waals surface area contributed by atoms with Crippen molar-refractivity contribution in [3.63, 3.8) is 0 Å². The van der Waals surface area contributed by atoms with Gasteiger partial charge in [0, 0.05) is 12.5 Å². The summed E-state index contributed by atoms with van der Waals surface area (Å²) in [7, 11) is 0. The topological polar surface area (TPSA) is 75.1 Å². The lowest BCUT2D eigenvalue weighted by atomic mass is 10.0. The van der Waals surface area contributed by atoms with E-state index in [1.165, 1.54) is 29.8 Å². The van der Waals surface area contributed by atoms with Gasteiger partial charge >= 0.3 is 12.1 Å². The van der Waals surface area contributed by atoms with E-state index >= 15 is 0 Å². The highest BCUT2D eigenvalue weighted by molar-refractivity contribution is 5.73. The van der Waals surface area contributed by atoms with Gasteiger partial charge < -0.3 is 10.4 Å². The zero-order valence-corrected chi connectivity index (χ0v) is 10.6. The molecule has 0 spiro atoms.